The molecule has 13 heavy (non-hydrogen) atoms. The third kappa shape index (κ3) is 3.61. The summed E-state index contributed by atoms with van der Waals surface area (Å²) >= 11 is 7.03. The molecule has 1 N–H and O–H groups in total. The van der Waals surface area contributed by atoms with Gasteiger partial charge in [0.15, 0.2) is 0 Å². The van der Waals surface area contributed by atoms with Crippen molar-refractivity contribution in [3.05, 3.63) is 17.4 Å². The van der Waals surface area contributed by atoms with Crippen molar-refractivity contribution in [3.8, 4) is 0 Å². The van der Waals surface area contributed by atoms with Gasteiger partial charge in [-0.05, 0) is 12.3 Å². The molecule has 1 aromatic rings. The highest BCUT2D eigenvalue weighted by Crippen LogP contribution is 2.05. The van der Waals surface area contributed by atoms with E-state index >= 15 is 0 Å². The summed E-state index contributed by atoms with van der Waals surface area (Å²) in [6.07, 6.45) is 3.34. The fourth-order valence-corrected chi connectivity index (χ4v) is 1.16. The van der Waals surface area contributed by atoms with Gasteiger partial charge in [-0.15, -0.1) is 0 Å². The summed E-state index contributed by atoms with van der Waals surface area (Å²) in [5.74, 6) is 0.497. The normalized spacial score (nSPS) is 9.69. The Hall–Kier alpha value is -0.810. The van der Waals surface area contributed by atoms with Crippen molar-refractivity contribution in [2.45, 2.75) is 0 Å². The van der Waals surface area contributed by atoms with Crippen LogP contribution >= 0.6 is 23.4 Å². The van der Waals surface area contributed by atoms with Crippen LogP contribution in [-0.2, 0) is 4.79 Å². The minimum Gasteiger partial charge on any atom is -0.294 e. The molecule has 1 heterocycles. The van der Waals surface area contributed by atoms with Crippen LogP contribution in [0.5, 0.6) is 0 Å². The van der Waals surface area contributed by atoms with Gasteiger partial charge in [0.05, 0.1) is 5.75 Å². The maximum Gasteiger partial charge on any atom is 0.236 e. The third-order valence-electron chi connectivity index (χ3n) is 1.15. The van der Waals surface area contributed by atoms with Crippen molar-refractivity contribution in [1.29, 1.82) is 0 Å². The average molecular weight is 218 g/mol. The van der Waals surface area contributed by atoms with E-state index in [2.05, 4.69) is 15.3 Å². The maximum atomic E-state index is 11.1. The number of nitrogens with zero attached hydrogens (tertiary/aromatic N) is 2. The summed E-state index contributed by atoms with van der Waals surface area (Å²) in [5.41, 5.74) is 0. The monoisotopic (exact) mass is 217 g/mol. The van der Waals surface area contributed by atoms with Crippen LogP contribution in [-0.4, -0.2) is 27.9 Å². The minimum absolute atomic E-state index is 0.130. The average Bonchev–Trinajstić information content (AvgIpc) is 2.04. The van der Waals surface area contributed by atoms with Gasteiger partial charge in [0.1, 0.15) is 5.15 Å². The molecule has 0 spiro atoms. The lowest BCUT2D eigenvalue weighted by atomic mass is 10.6. The van der Waals surface area contributed by atoms with E-state index in [1.165, 1.54) is 18.0 Å². The molecular formula is C7H8ClN3OS. The van der Waals surface area contributed by atoms with Gasteiger partial charge in [0.2, 0.25) is 11.9 Å². The van der Waals surface area contributed by atoms with Crippen LogP contribution in [0.3, 0.4) is 0 Å². The molecule has 4 nitrogen and oxygen atoms in total. The minimum atomic E-state index is -0.130. The molecule has 0 unspecified atom stereocenters. The largest absolute Gasteiger partial charge is 0.294 e. The van der Waals surface area contributed by atoms with Crippen molar-refractivity contribution >= 4 is 35.2 Å². The number of hydrogen-bond acceptors (Lipinski definition) is 4. The van der Waals surface area contributed by atoms with Gasteiger partial charge in [0.25, 0.3) is 0 Å². The predicted octanol–water partition coefficient (Wildman–Crippen LogP) is 1.43. The Morgan fingerprint density at radius 2 is 2.54 bits per heavy atom. The molecule has 0 aromatic carbocycles. The van der Waals surface area contributed by atoms with Gasteiger partial charge < -0.3 is 0 Å². The van der Waals surface area contributed by atoms with Crippen LogP contribution in [0.15, 0.2) is 12.3 Å². The van der Waals surface area contributed by atoms with Gasteiger partial charge in [-0.2, -0.15) is 11.8 Å². The second-order valence-electron chi connectivity index (χ2n) is 2.18. The molecule has 6 heteroatoms. The standard InChI is InChI=1S/C7H8ClN3OS/c1-13-4-6(12)11-7-9-3-2-5(8)10-7/h2-3H,4H2,1H3,(H,9,10,11,12). The quantitative estimate of drug-likeness (QED) is 0.779. The van der Waals surface area contributed by atoms with Crippen LogP contribution in [0.4, 0.5) is 5.95 Å². The molecule has 0 atom stereocenters. The molecule has 0 saturated heterocycles. The van der Waals surface area contributed by atoms with Crippen LogP contribution in [0.2, 0.25) is 5.15 Å². The van der Waals surface area contributed by atoms with E-state index in [-0.39, 0.29) is 11.9 Å². The molecule has 1 amide bonds. The second kappa shape index (κ2) is 5.04. The lowest BCUT2D eigenvalue weighted by Crippen LogP contribution is -2.15. The molecule has 0 aliphatic rings. The predicted molar refractivity (Wildman–Crippen MR) is 54.1 cm³/mol. The van der Waals surface area contributed by atoms with Crippen molar-refractivity contribution in [2.75, 3.05) is 17.3 Å². The van der Waals surface area contributed by atoms with Gasteiger partial charge in [-0.3, -0.25) is 10.1 Å². The SMILES string of the molecule is CSCC(=O)Nc1nccc(Cl)n1. The zero-order valence-electron chi connectivity index (χ0n) is 6.95. The number of hydrogen-bond donors (Lipinski definition) is 1. The summed E-state index contributed by atoms with van der Waals surface area (Å²) in [4.78, 5) is 18.7. The highest BCUT2D eigenvalue weighted by Gasteiger charge is 2.02. The summed E-state index contributed by atoms with van der Waals surface area (Å²) in [7, 11) is 0. The zero-order chi connectivity index (χ0) is 9.68. The van der Waals surface area contributed by atoms with E-state index in [4.69, 9.17) is 11.6 Å². The summed E-state index contributed by atoms with van der Waals surface area (Å²) < 4.78 is 0. The molecule has 70 valence electrons. The lowest BCUT2D eigenvalue weighted by Gasteiger charge is -2.00. The van der Waals surface area contributed by atoms with Crippen LogP contribution in [0, 0.1) is 0 Å². The van der Waals surface area contributed by atoms with Gasteiger partial charge in [-0.25, -0.2) is 9.97 Å². The second-order valence-corrected chi connectivity index (χ2v) is 3.44. The number of aromatic nitrogens is 2. The first-order chi connectivity index (χ1) is 6.22. The first-order valence-corrected chi connectivity index (χ1v) is 5.27. The van der Waals surface area contributed by atoms with Crippen molar-refractivity contribution < 1.29 is 4.79 Å². The number of anilines is 1. The van der Waals surface area contributed by atoms with Crippen LogP contribution in [0.1, 0.15) is 0 Å². The number of carbonyl (C=O) groups is 1. The Labute approximate surface area is 85.1 Å². The summed E-state index contributed by atoms with van der Waals surface area (Å²) in [5, 5.41) is 2.83. The number of thioether (sulfide) groups is 1. The summed E-state index contributed by atoms with van der Waals surface area (Å²) in [6, 6.07) is 1.55. The van der Waals surface area contributed by atoms with Crippen molar-refractivity contribution in [3.63, 3.8) is 0 Å². The van der Waals surface area contributed by atoms with Gasteiger partial charge in [-0.1, -0.05) is 11.6 Å². The zero-order valence-corrected chi connectivity index (χ0v) is 8.52. The molecule has 0 saturated carbocycles. The Morgan fingerprint density at radius 3 is 3.15 bits per heavy atom. The first-order valence-electron chi connectivity index (χ1n) is 3.49. The van der Waals surface area contributed by atoms with E-state index in [0.29, 0.717) is 10.9 Å². The fraction of sp³-hybridized carbons (Fsp3) is 0.286. The van der Waals surface area contributed by atoms with E-state index in [0.717, 1.165) is 0 Å². The number of halogens is 1. The summed E-state index contributed by atoms with van der Waals surface area (Å²) in [6.45, 7) is 0. The first kappa shape index (κ1) is 10.3. The molecule has 0 fully saturated rings. The van der Waals surface area contributed by atoms with Crippen molar-refractivity contribution in [1.82, 2.24) is 9.97 Å². The van der Waals surface area contributed by atoms with E-state index in [1.807, 2.05) is 6.26 Å². The molecule has 1 aromatic heterocycles. The Kier molecular flexibility index (Phi) is 3.98. The van der Waals surface area contributed by atoms with Crippen LogP contribution < -0.4 is 5.32 Å². The Morgan fingerprint density at radius 1 is 1.77 bits per heavy atom. The number of nitrogens with one attached hydrogen (secondary N) is 1. The topological polar surface area (TPSA) is 54.9 Å². The molecule has 1 rings (SSSR count). The van der Waals surface area contributed by atoms with Crippen molar-refractivity contribution in [2.24, 2.45) is 0 Å². The van der Waals surface area contributed by atoms with Gasteiger partial charge >= 0.3 is 0 Å². The molecule has 0 aliphatic heterocycles. The fourth-order valence-electron chi connectivity index (χ4n) is 0.689. The van der Waals surface area contributed by atoms with E-state index in [9.17, 15) is 4.79 Å². The lowest BCUT2D eigenvalue weighted by molar-refractivity contribution is -0.113. The third-order valence-corrected chi connectivity index (χ3v) is 1.91. The highest BCUT2D eigenvalue weighted by molar-refractivity contribution is 7.99. The van der Waals surface area contributed by atoms with Gasteiger partial charge in [0, 0.05) is 6.20 Å². The smallest absolute Gasteiger partial charge is 0.236 e. The highest BCUT2D eigenvalue weighted by atomic mass is 35.5. The molecule has 0 aliphatic carbocycles. The van der Waals surface area contributed by atoms with E-state index < -0.39 is 0 Å². The number of carbonyl (C=O) groups excluding carboxylic acids is 1. The number of amides is 1. The number of rotatable bonds is 3. The Bertz CT molecular complexity index is 308. The van der Waals surface area contributed by atoms with E-state index in [1.54, 1.807) is 6.07 Å². The molecule has 0 bridgehead atoms. The van der Waals surface area contributed by atoms with Crippen LogP contribution in [0.25, 0.3) is 0 Å². The Balaban J connectivity index is 2.58. The molecular weight excluding hydrogens is 210 g/mol. The maximum absolute atomic E-state index is 11.1. The molecule has 0 radical (unpaired) electrons.